The average Bonchev–Trinajstić information content (AvgIpc) is 2.97. The summed E-state index contributed by atoms with van der Waals surface area (Å²) in [5.74, 6) is -0.0872. The number of carbonyl (C=O) groups excluding carboxylic acids is 1. The lowest BCUT2D eigenvalue weighted by Crippen LogP contribution is -2.38. The van der Waals surface area contributed by atoms with Gasteiger partial charge in [0.15, 0.2) is 11.5 Å². The fourth-order valence-electron chi connectivity index (χ4n) is 3.81. The van der Waals surface area contributed by atoms with Crippen molar-refractivity contribution in [2.75, 3.05) is 35.1 Å². The van der Waals surface area contributed by atoms with E-state index in [-0.39, 0.29) is 37.6 Å². The van der Waals surface area contributed by atoms with Crippen molar-refractivity contribution in [1.29, 1.82) is 0 Å². The van der Waals surface area contributed by atoms with Crippen LogP contribution in [0.3, 0.4) is 0 Å². The van der Waals surface area contributed by atoms with Crippen LogP contribution < -0.4 is 23.8 Å². The third-order valence-corrected chi connectivity index (χ3v) is 9.32. The molecular formula is C28H26ClN3O7S2. The molecular weight excluding hydrogens is 590 g/mol. The van der Waals surface area contributed by atoms with Crippen molar-refractivity contribution in [3.05, 3.63) is 102 Å². The SMILES string of the molecule is COc1ccc(S(=O)(=O)N(CC(=O)Nc2ccc(S(=O)(=O)Nc3ccccc3Cl)cc2)c2ccccc2)cc1OC. The highest BCUT2D eigenvalue weighted by Gasteiger charge is 2.28. The number of halogens is 1. The Bertz CT molecular complexity index is 1750. The number of nitrogens with zero attached hydrogens (tertiary/aromatic N) is 1. The fourth-order valence-corrected chi connectivity index (χ4v) is 6.57. The highest BCUT2D eigenvalue weighted by Crippen LogP contribution is 2.32. The molecule has 0 unspecified atom stereocenters. The quantitative estimate of drug-likeness (QED) is 0.243. The van der Waals surface area contributed by atoms with Gasteiger partial charge in [-0.2, -0.15) is 0 Å². The second-order valence-corrected chi connectivity index (χ2v) is 12.5. The third-order valence-electron chi connectivity index (χ3n) is 5.84. The first-order valence-electron chi connectivity index (χ1n) is 12.0. The maximum atomic E-state index is 13.7. The molecule has 0 saturated carbocycles. The molecule has 0 fully saturated rings. The molecule has 2 N–H and O–H groups in total. The molecule has 0 aliphatic heterocycles. The number of rotatable bonds is 11. The van der Waals surface area contributed by atoms with Crippen molar-refractivity contribution < 1.29 is 31.1 Å². The first kappa shape index (κ1) is 29.7. The number of methoxy groups -OCH3 is 2. The van der Waals surface area contributed by atoms with Gasteiger partial charge in [-0.05, 0) is 60.7 Å². The fraction of sp³-hybridized carbons (Fsp3) is 0.107. The van der Waals surface area contributed by atoms with Gasteiger partial charge in [-0.15, -0.1) is 0 Å². The number of hydrogen-bond donors (Lipinski definition) is 2. The van der Waals surface area contributed by atoms with Gasteiger partial charge in [-0.1, -0.05) is 41.9 Å². The molecule has 0 heterocycles. The lowest BCUT2D eigenvalue weighted by atomic mass is 10.3. The van der Waals surface area contributed by atoms with E-state index in [4.69, 9.17) is 21.1 Å². The van der Waals surface area contributed by atoms with Crippen LogP contribution in [0.15, 0.2) is 107 Å². The van der Waals surface area contributed by atoms with Crippen LogP contribution in [0.5, 0.6) is 11.5 Å². The molecule has 0 bridgehead atoms. The summed E-state index contributed by atoms with van der Waals surface area (Å²) < 4.78 is 66.7. The van der Waals surface area contributed by atoms with Crippen molar-refractivity contribution in [1.82, 2.24) is 0 Å². The summed E-state index contributed by atoms with van der Waals surface area (Å²) >= 11 is 6.05. The standard InChI is InChI=1S/C28H26ClN3O7S2/c1-38-26-17-16-23(18-27(26)39-2)41(36,37)32(21-8-4-3-5-9-21)19-28(33)30-20-12-14-22(15-13-20)40(34,35)31-25-11-7-6-10-24(25)29/h3-18,31H,19H2,1-2H3,(H,30,33). The predicted octanol–water partition coefficient (Wildman–Crippen LogP) is 4.99. The second-order valence-electron chi connectivity index (χ2n) is 8.52. The lowest BCUT2D eigenvalue weighted by molar-refractivity contribution is -0.114. The summed E-state index contributed by atoms with van der Waals surface area (Å²) in [5, 5.41) is 2.86. The Kier molecular flexibility index (Phi) is 9.06. The van der Waals surface area contributed by atoms with Gasteiger partial charge >= 0.3 is 0 Å². The Hall–Kier alpha value is -4.26. The number of benzene rings is 4. The summed E-state index contributed by atoms with van der Waals surface area (Å²) in [5.41, 5.74) is 0.760. The molecule has 0 spiro atoms. The van der Waals surface area contributed by atoms with Crippen LogP contribution in [-0.2, 0) is 24.8 Å². The van der Waals surface area contributed by atoms with E-state index in [0.717, 1.165) is 4.31 Å². The third kappa shape index (κ3) is 6.91. The number of anilines is 3. The van der Waals surface area contributed by atoms with Crippen LogP contribution in [-0.4, -0.2) is 43.5 Å². The zero-order valence-electron chi connectivity index (χ0n) is 21.9. The summed E-state index contributed by atoms with van der Waals surface area (Å²) in [6.45, 7) is -0.561. The molecule has 0 atom stereocenters. The van der Waals surface area contributed by atoms with Crippen LogP contribution in [0.4, 0.5) is 17.1 Å². The van der Waals surface area contributed by atoms with Gasteiger partial charge < -0.3 is 14.8 Å². The van der Waals surface area contributed by atoms with Gasteiger partial charge in [0.1, 0.15) is 6.54 Å². The Labute approximate surface area is 243 Å². The highest BCUT2D eigenvalue weighted by molar-refractivity contribution is 7.93. The zero-order valence-corrected chi connectivity index (χ0v) is 24.3. The monoisotopic (exact) mass is 615 g/mol. The van der Waals surface area contributed by atoms with E-state index in [9.17, 15) is 21.6 Å². The molecule has 4 aromatic rings. The number of para-hydroxylation sites is 2. The van der Waals surface area contributed by atoms with Crippen LogP contribution in [0.25, 0.3) is 0 Å². The van der Waals surface area contributed by atoms with E-state index in [1.807, 2.05) is 0 Å². The number of ether oxygens (including phenoxy) is 2. The summed E-state index contributed by atoms with van der Waals surface area (Å²) in [7, 11) is -5.35. The molecule has 0 aromatic heterocycles. The lowest BCUT2D eigenvalue weighted by Gasteiger charge is -2.24. The topological polar surface area (TPSA) is 131 Å². The molecule has 0 aliphatic rings. The minimum Gasteiger partial charge on any atom is -0.493 e. The van der Waals surface area contributed by atoms with Crippen molar-refractivity contribution in [3.8, 4) is 11.5 Å². The van der Waals surface area contributed by atoms with E-state index in [1.54, 1.807) is 48.5 Å². The van der Waals surface area contributed by atoms with Gasteiger partial charge in [0.25, 0.3) is 20.0 Å². The first-order chi connectivity index (χ1) is 19.5. The highest BCUT2D eigenvalue weighted by atomic mass is 35.5. The number of sulfonamides is 2. The second kappa shape index (κ2) is 12.5. The van der Waals surface area contributed by atoms with E-state index < -0.39 is 32.5 Å². The smallest absolute Gasteiger partial charge is 0.264 e. The minimum absolute atomic E-state index is 0.0580. The predicted molar refractivity (Wildman–Crippen MR) is 158 cm³/mol. The largest absolute Gasteiger partial charge is 0.493 e. The van der Waals surface area contributed by atoms with Gasteiger partial charge in [0.05, 0.1) is 40.4 Å². The van der Waals surface area contributed by atoms with Crippen LogP contribution >= 0.6 is 11.6 Å². The molecule has 214 valence electrons. The van der Waals surface area contributed by atoms with E-state index in [0.29, 0.717) is 5.75 Å². The normalized spacial score (nSPS) is 11.4. The molecule has 4 rings (SSSR count). The van der Waals surface area contributed by atoms with E-state index >= 15 is 0 Å². The average molecular weight is 616 g/mol. The van der Waals surface area contributed by atoms with Crippen LogP contribution in [0, 0.1) is 0 Å². The van der Waals surface area contributed by atoms with Gasteiger partial charge in [-0.25, -0.2) is 16.8 Å². The Balaban J connectivity index is 1.55. The minimum atomic E-state index is -4.22. The van der Waals surface area contributed by atoms with Crippen LogP contribution in [0.2, 0.25) is 5.02 Å². The molecule has 41 heavy (non-hydrogen) atoms. The zero-order chi connectivity index (χ0) is 29.6. The maximum absolute atomic E-state index is 13.7. The molecule has 0 radical (unpaired) electrons. The molecule has 0 aliphatic carbocycles. The number of nitrogens with one attached hydrogen (secondary N) is 2. The summed E-state index contributed by atoms with van der Waals surface area (Å²) in [6.07, 6.45) is 0. The summed E-state index contributed by atoms with van der Waals surface area (Å²) in [6, 6.07) is 24.1. The van der Waals surface area contributed by atoms with E-state index in [1.165, 1.54) is 62.8 Å². The Morgan fingerprint density at radius 1 is 0.780 bits per heavy atom. The summed E-state index contributed by atoms with van der Waals surface area (Å²) in [4.78, 5) is 12.9. The van der Waals surface area contributed by atoms with Gasteiger partial charge in [0, 0.05) is 11.8 Å². The van der Waals surface area contributed by atoms with Crippen molar-refractivity contribution in [2.45, 2.75) is 9.79 Å². The Morgan fingerprint density at radius 2 is 1.39 bits per heavy atom. The van der Waals surface area contributed by atoms with E-state index in [2.05, 4.69) is 10.0 Å². The van der Waals surface area contributed by atoms with Crippen LogP contribution in [0.1, 0.15) is 0 Å². The molecule has 10 nitrogen and oxygen atoms in total. The number of hydrogen-bond acceptors (Lipinski definition) is 7. The van der Waals surface area contributed by atoms with Gasteiger partial charge in [0.2, 0.25) is 5.91 Å². The molecule has 4 aromatic carbocycles. The Morgan fingerprint density at radius 3 is 2.02 bits per heavy atom. The maximum Gasteiger partial charge on any atom is 0.264 e. The van der Waals surface area contributed by atoms with Crippen molar-refractivity contribution >= 4 is 54.6 Å². The number of carbonyl (C=O) groups is 1. The molecule has 1 amide bonds. The van der Waals surface area contributed by atoms with Crippen molar-refractivity contribution in [2.24, 2.45) is 0 Å². The van der Waals surface area contributed by atoms with Gasteiger partial charge in [-0.3, -0.25) is 13.8 Å². The molecule has 0 saturated heterocycles. The van der Waals surface area contributed by atoms with Crippen molar-refractivity contribution in [3.63, 3.8) is 0 Å². The first-order valence-corrected chi connectivity index (χ1v) is 15.3. The molecule has 13 heteroatoms. The number of amides is 1.